The maximum atomic E-state index is 13.1. The van der Waals surface area contributed by atoms with Crippen LogP contribution in [0.15, 0.2) is 0 Å². The van der Waals surface area contributed by atoms with Gasteiger partial charge in [-0.3, -0.25) is 37.3 Å². The molecule has 0 rings (SSSR count). The minimum atomic E-state index is -4.96. The van der Waals surface area contributed by atoms with E-state index in [1.165, 1.54) is 257 Å². The van der Waals surface area contributed by atoms with Gasteiger partial charge in [-0.2, -0.15) is 0 Å². The first kappa shape index (κ1) is 98.1. The fourth-order valence-corrected chi connectivity index (χ4v) is 14.2. The molecule has 0 aromatic heterocycles. The molecule has 0 aliphatic heterocycles. The Morgan fingerprint density at radius 3 is 0.590 bits per heavy atom. The van der Waals surface area contributed by atoms with Gasteiger partial charge in [0.1, 0.15) is 19.3 Å². The van der Waals surface area contributed by atoms with E-state index in [0.29, 0.717) is 25.7 Å². The van der Waals surface area contributed by atoms with Gasteiger partial charge >= 0.3 is 39.5 Å². The number of phosphoric acid groups is 2. The molecule has 594 valence electrons. The van der Waals surface area contributed by atoms with Gasteiger partial charge in [0.2, 0.25) is 0 Å². The van der Waals surface area contributed by atoms with Crippen molar-refractivity contribution >= 4 is 39.5 Å². The lowest BCUT2D eigenvalue weighted by Crippen LogP contribution is -2.30. The molecule has 3 N–H and O–H groups in total. The van der Waals surface area contributed by atoms with Crippen LogP contribution in [0.4, 0.5) is 0 Å². The number of ether oxygens (including phenoxy) is 4. The van der Waals surface area contributed by atoms with E-state index in [1.54, 1.807) is 0 Å². The Morgan fingerprint density at radius 2 is 0.400 bits per heavy atom. The van der Waals surface area contributed by atoms with Gasteiger partial charge in [0, 0.05) is 25.7 Å². The zero-order valence-electron chi connectivity index (χ0n) is 65.2. The topological polar surface area (TPSA) is 237 Å². The van der Waals surface area contributed by atoms with Gasteiger partial charge in [-0.05, 0) is 25.7 Å². The van der Waals surface area contributed by atoms with Gasteiger partial charge in [-0.1, -0.05) is 387 Å². The second-order valence-corrected chi connectivity index (χ2v) is 32.1. The van der Waals surface area contributed by atoms with Crippen LogP contribution in [0.25, 0.3) is 0 Å². The summed E-state index contributed by atoms with van der Waals surface area (Å²) in [5, 5.41) is 10.6. The van der Waals surface area contributed by atoms with Crippen molar-refractivity contribution in [1.29, 1.82) is 0 Å². The fourth-order valence-electron chi connectivity index (χ4n) is 12.6. The van der Waals surface area contributed by atoms with Crippen molar-refractivity contribution in [3.8, 4) is 0 Å². The van der Waals surface area contributed by atoms with Crippen LogP contribution in [0.5, 0.6) is 0 Å². The van der Waals surface area contributed by atoms with E-state index in [4.69, 9.17) is 37.0 Å². The van der Waals surface area contributed by atoms with Crippen LogP contribution in [-0.4, -0.2) is 96.7 Å². The molecule has 100 heavy (non-hydrogen) atoms. The number of carbonyl (C=O) groups is 4. The van der Waals surface area contributed by atoms with Crippen LogP contribution in [0, 0.1) is 0 Å². The molecule has 0 radical (unpaired) electrons. The predicted octanol–water partition coefficient (Wildman–Crippen LogP) is 24.6. The Kier molecular flexibility index (Phi) is 73.8. The van der Waals surface area contributed by atoms with Gasteiger partial charge in [0.05, 0.1) is 26.4 Å². The molecule has 0 heterocycles. The van der Waals surface area contributed by atoms with Crippen molar-refractivity contribution in [2.24, 2.45) is 0 Å². The lowest BCUT2D eigenvalue weighted by molar-refractivity contribution is -0.161. The van der Waals surface area contributed by atoms with E-state index < -0.39 is 97.5 Å². The number of carbonyl (C=O) groups excluding carboxylic acids is 4. The van der Waals surface area contributed by atoms with Crippen molar-refractivity contribution in [3.63, 3.8) is 0 Å². The summed E-state index contributed by atoms with van der Waals surface area (Å²) in [5.74, 6) is -2.11. The average Bonchev–Trinajstić information content (AvgIpc) is 1.01. The molecule has 5 atom stereocenters. The number of hydrogen-bond acceptors (Lipinski definition) is 15. The van der Waals surface area contributed by atoms with Crippen LogP contribution in [-0.2, 0) is 65.4 Å². The molecule has 0 aromatic rings. The van der Waals surface area contributed by atoms with Crippen LogP contribution in [0.2, 0.25) is 0 Å². The van der Waals surface area contributed by atoms with Crippen molar-refractivity contribution in [1.82, 2.24) is 0 Å². The largest absolute Gasteiger partial charge is 0.472 e. The SMILES string of the molecule is CCCCCCCCCCCCCCCCCCCCCCCCC(=O)O[C@H](COC(=O)CCCCCCCCCCCCCCCCCCC)COP(=O)(O)OC[C@@H](O)COP(=O)(O)OC[C@@H](COC(=O)CCCCCCCCC)OC(=O)CCCCCCCCCCCCCCCC. The van der Waals surface area contributed by atoms with E-state index in [0.717, 1.165) is 103 Å². The van der Waals surface area contributed by atoms with Crippen LogP contribution < -0.4 is 0 Å². The summed E-state index contributed by atoms with van der Waals surface area (Å²) in [6.45, 7) is 4.98. The number of aliphatic hydroxyl groups excluding tert-OH is 1. The first-order valence-corrected chi connectivity index (χ1v) is 45.3. The molecular weight excluding hydrogens is 1310 g/mol. The molecule has 17 nitrogen and oxygen atoms in total. The molecule has 0 saturated heterocycles. The lowest BCUT2D eigenvalue weighted by atomic mass is 10.0. The highest BCUT2D eigenvalue weighted by Gasteiger charge is 2.30. The summed E-state index contributed by atoms with van der Waals surface area (Å²) in [6, 6.07) is 0. The Bertz CT molecular complexity index is 1890. The van der Waals surface area contributed by atoms with Gasteiger partial charge in [-0.25, -0.2) is 9.13 Å². The molecule has 0 aliphatic rings. The van der Waals surface area contributed by atoms with E-state index >= 15 is 0 Å². The van der Waals surface area contributed by atoms with Crippen molar-refractivity contribution in [2.45, 2.75) is 457 Å². The van der Waals surface area contributed by atoms with Gasteiger partial charge in [0.15, 0.2) is 12.2 Å². The third kappa shape index (κ3) is 74.3. The second kappa shape index (κ2) is 75.3. The van der Waals surface area contributed by atoms with Gasteiger partial charge in [-0.15, -0.1) is 0 Å². The van der Waals surface area contributed by atoms with Crippen LogP contribution >= 0.6 is 15.6 Å². The Hall–Kier alpha value is -1.94. The minimum Gasteiger partial charge on any atom is -0.462 e. The summed E-state index contributed by atoms with van der Waals surface area (Å²) in [7, 11) is -9.91. The molecule has 0 aromatic carbocycles. The third-order valence-electron chi connectivity index (χ3n) is 19.1. The number of phosphoric ester groups is 2. The molecular formula is C81H158O17P2. The first-order chi connectivity index (χ1) is 48.7. The maximum absolute atomic E-state index is 13.1. The third-order valence-corrected chi connectivity index (χ3v) is 21.0. The highest BCUT2D eigenvalue weighted by atomic mass is 31.2. The van der Waals surface area contributed by atoms with E-state index in [2.05, 4.69) is 27.7 Å². The van der Waals surface area contributed by atoms with Gasteiger partial charge in [0.25, 0.3) is 0 Å². The number of unbranched alkanes of at least 4 members (excludes halogenated alkanes) is 56. The van der Waals surface area contributed by atoms with Crippen molar-refractivity contribution in [3.05, 3.63) is 0 Å². The summed E-state index contributed by atoms with van der Waals surface area (Å²) >= 11 is 0. The normalized spacial score (nSPS) is 13.8. The maximum Gasteiger partial charge on any atom is 0.472 e. The summed E-state index contributed by atoms with van der Waals surface area (Å²) < 4.78 is 68.6. The molecule has 19 heteroatoms. The smallest absolute Gasteiger partial charge is 0.462 e. The molecule has 0 bridgehead atoms. The fraction of sp³-hybridized carbons (Fsp3) is 0.951. The van der Waals surface area contributed by atoms with Crippen LogP contribution in [0.3, 0.4) is 0 Å². The Labute approximate surface area is 613 Å². The zero-order chi connectivity index (χ0) is 73.2. The molecule has 0 saturated carbocycles. The minimum absolute atomic E-state index is 0.108. The molecule has 0 spiro atoms. The Balaban J connectivity index is 5.15. The monoisotopic (exact) mass is 1470 g/mol. The summed E-state index contributed by atoms with van der Waals surface area (Å²) in [5.41, 5.74) is 0. The first-order valence-electron chi connectivity index (χ1n) is 42.3. The molecule has 0 amide bonds. The molecule has 2 unspecified atom stereocenters. The highest BCUT2D eigenvalue weighted by molar-refractivity contribution is 7.47. The zero-order valence-corrected chi connectivity index (χ0v) is 67.0. The highest BCUT2D eigenvalue weighted by Crippen LogP contribution is 2.45. The molecule has 0 aliphatic carbocycles. The molecule has 0 fully saturated rings. The predicted molar refractivity (Wildman–Crippen MR) is 409 cm³/mol. The standard InChI is InChI=1S/C81H158O17P2/c1-5-9-13-17-21-24-27-30-33-35-36-37-38-39-41-43-46-49-52-56-60-64-68-81(86)98-77(72-92-79(84)66-62-58-54-50-47-45-42-40-34-31-28-25-22-18-14-10-6-2)74-96-100(89,90)94-70-75(82)69-93-99(87,88)95-73-76(71-91-78(83)65-61-57-53-20-16-12-8-4)97-80(85)67-63-59-55-51-48-44-32-29-26-23-19-15-11-7-3/h75-77,82H,5-74H2,1-4H3,(H,87,88)(H,89,90)/t75-,76+,77+/m0/s1. The van der Waals surface area contributed by atoms with Crippen molar-refractivity contribution < 1.29 is 80.2 Å². The van der Waals surface area contributed by atoms with Crippen LogP contribution in [0.1, 0.15) is 439 Å². The van der Waals surface area contributed by atoms with Gasteiger partial charge < -0.3 is 33.8 Å². The van der Waals surface area contributed by atoms with Crippen molar-refractivity contribution in [2.75, 3.05) is 39.6 Å². The lowest BCUT2D eigenvalue weighted by Gasteiger charge is -2.21. The number of hydrogen-bond donors (Lipinski definition) is 3. The second-order valence-electron chi connectivity index (χ2n) is 29.2. The van der Waals surface area contributed by atoms with E-state index in [1.807, 2.05) is 0 Å². The number of aliphatic hydroxyl groups is 1. The average molecular weight is 1470 g/mol. The number of esters is 4. The Morgan fingerprint density at radius 1 is 0.240 bits per heavy atom. The summed E-state index contributed by atoms with van der Waals surface area (Å²) in [6.07, 6.45) is 68.3. The number of rotatable bonds is 82. The quantitative estimate of drug-likeness (QED) is 0.0222. The summed E-state index contributed by atoms with van der Waals surface area (Å²) in [4.78, 5) is 72.9. The van der Waals surface area contributed by atoms with E-state index in [9.17, 15) is 43.2 Å². The van der Waals surface area contributed by atoms with E-state index in [-0.39, 0.29) is 25.7 Å².